The fourth-order valence-corrected chi connectivity index (χ4v) is 1.89. The van der Waals surface area contributed by atoms with Crippen molar-refractivity contribution in [3.63, 3.8) is 0 Å². The Morgan fingerprint density at radius 1 is 1.33 bits per heavy atom. The van der Waals surface area contributed by atoms with Gasteiger partial charge in [0.25, 0.3) is 0 Å². The molecule has 0 atom stereocenters. The van der Waals surface area contributed by atoms with Gasteiger partial charge in [-0.05, 0) is 12.1 Å². The van der Waals surface area contributed by atoms with Crippen LogP contribution in [0.2, 0.25) is 0 Å². The average molecular weight is 244 g/mol. The highest BCUT2D eigenvalue weighted by Gasteiger charge is 2.10. The highest BCUT2D eigenvalue weighted by atomic mass is 16.5. The van der Waals surface area contributed by atoms with Crippen LogP contribution in [0.15, 0.2) is 30.3 Å². The number of esters is 1. The molecule has 0 N–H and O–H groups in total. The van der Waals surface area contributed by atoms with E-state index >= 15 is 0 Å². The molecule has 18 heavy (non-hydrogen) atoms. The van der Waals surface area contributed by atoms with Crippen molar-refractivity contribution >= 4 is 22.6 Å². The number of hydrogen-bond donors (Lipinski definition) is 0. The van der Waals surface area contributed by atoms with Crippen molar-refractivity contribution in [1.82, 2.24) is 4.98 Å². The maximum absolute atomic E-state index is 11.3. The normalized spacial score (nSPS) is 10.4. The number of nitrogens with zero attached hydrogens (tertiary/aromatic N) is 2. The van der Waals surface area contributed by atoms with E-state index in [4.69, 9.17) is 0 Å². The molecule has 2 rings (SSSR count). The van der Waals surface area contributed by atoms with E-state index in [2.05, 4.69) is 9.72 Å². The van der Waals surface area contributed by atoms with Crippen molar-refractivity contribution in [2.75, 3.05) is 26.1 Å². The van der Waals surface area contributed by atoms with Gasteiger partial charge in [-0.2, -0.15) is 0 Å². The highest BCUT2D eigenvalue weighted by Crippen LogP contribution is 2.25. The zero-order valence-corrected chi connectivity index (χ0v) is 10.8. The van der Waals surface area contributed by atoms with E-state index in [1.165, 1.54) is 7.11 Å². The van der Waals surface area contributed by atoms with Gasteiger partial charge in [0, 0.05) is 25.2 Å². The quantitative estimate of drug-likeness (QED) is 0.775. The Labute approximate surface area is 106 Å². The molecule has 0 aliphatic rings. The Morgan fingerprint density at radius 2 is 2.06 bits per heavy atom. The van der Waals surface area contributed by atoms with Crippen molar-refractivity contribution < 1.29 is 9.53 Å². The van der Waals surface area contributed by atoms with Gasteiger partial charge in [-0.15, -0.1) is 0 Å². The first-order valence-corrected chi connectivity index (χ1v) is 5.74. The summed E-state index contributed by atoms with van der Waals surface area (Å²) >= 11 is 0. The molecule has 1 aromatic carbocycles. The fourth-order valence-electron chi connectivity index (χ4n) is 1.89. The second kappa shape index (κ2) is 5.04. The largest absolute Gasteiger partial charge is 0.469 e. The second-order valence-electron chi connectivity index (χ2n) is 4.30. The third-order valence-electron chi connectivity index (χ3n) is 2.78. The van der Waals surface area contributed by atoms with Crippen LogP contribution >= 0.6 is 0 Å². The van der Waals surface area contributed by atoms with E-state index in [1.54, 1.807) is 0 Å². The second-order valence-corrected chi connectivity index (χ2v) is 4.30. The van der Waals surface area contributed by atoms with Crippen LogP contribution < -0.4 is 4.90 Å². The molecule has 0 aliphatic carbocycles. The minimum absolute atomic E-state index is 0.197. The minimum atomic E-state index is -0.275. The molecule has 0 aliphatic heterocycles. The number of para-hydroxylation sites is 1. The summed E-state index contributed by atoms with van der Waals surface area (Å²) in [6, 6.07) is 9.83. The Kier molecular flexibility index (Phi) is 3.46. The van der Waals surface area contributed by atoms with E-state index in [1.807, 2.05) is 49.3 Å². The third-order valence-corrected chi connectivity index (χ3v) is 2.78. The Bertz CT molecular complexity index is 579. The number of rotatable bonds is 3. The SMILES string of the molecule is COC(=O)Cc1cc(N(C)C)c2ccccc2n1. The number of carbonyl (C=O) groups excluding carboxylic acids is 1. The van der Waals surface area contributed by atoms with Gasteiger partial charge in [0.15, 0.2) is 0 Å². The molecule has 0 saturated heterocycles. The number of methoxy groups -OCH3 is 1. The van der Waals surface area contributed by atoms with E-state index in [-0.39, 0.29) is 12.4 Å². The fraction of sp³-hybridized carbons (Fsp3) is 0.286. The summed E-state index contributed by atoms with van der Waals surface area (Å²) < 4.78 is 4.67. The van der Waals surface area contributed by atoms with Gasteiger partial charge < -0.3 is 9.64 Å². The van der Waals surface area contributed by atoms with Gasteiger partial charge in [-0.25, -0.2) is 0 Å². The van der Waals surface area contributed by atoms with Crippen molar-refractivity contribution in [1.29, 1.82) is 0 Å². The molecule has 0 unspecified atom stereocenters. The van der Waals surface area contributed by atoms with Crippen LogP contribution in [0.4, 0.5) is 5.69 Å². The van der Waals surface area contributed by atoms with Gasteiger partial charge in [-0.3, -0.25) is 9.78 Å². The molecule has 0 saturated carbocycles. The maximum atomic E-state index is 11.3. The predicted molar refractivity (Wildman–Crippen MR) is 71.8 cm³/mol. The summed E-state index contributed by atoms with van der Waals surface area (Å²) in [5, 5.41) is 1.08. The lowest BCUT2D eigenvalue weighted by Gasteiger charge is -2.16. The lowest BCUT2D eigenvalue weighted by molar-refractivity contribution is -0.139. The highest BCUT2D eigenvalue weighted by molar-refractivity contribution is 5.92. The lowest BCUT2D eigenvalue weighted by Crippen LogP contribution is -2.12. The minimum Gasteiger partial charge on any atom is -0.469 e. The first-order valence-electron chi connectivity index (χ1n) is 5.74. The molecule has 4 heteroatoms. The van der Waals surface area contributed by atoms with Crippen LogP contribution in [0.3, 0.4) is 0 Å². The molecule has 1 heterocycles. The third kappa shape index (κ3) is 2.42. The molecular weight excluding hydrogens is 228 g/mol. The zero-order valence-electron chi connectivity index (χ0n) is 10.8. The van der Waals surface area contributed by atoms with Crippen molar-refractivity contribution in [3.05, 3.63) is 36.0 Å². The molecule has 0 fully saturated rings. The molecule has 0 spiro atoms. The topological polar surface area (TPSA) is 42.4 Å². The van der Waals surface area contributed by atoms with Gasteiger partial charge in [-0.1, -0.05) is 18.2 Å². The van der Waals surface area contributed by atoms with Crippen LogP contribution in [0.5, 0.6) is 0 Å². The van der Waals surface area contributed by atoms with E-state index < -0.39 is 0 Å². The number of fused-ring (bicyclic) bond motifs is 1. The summed E-state index contributed by atoms with van der Waals surface area (Å²) in [6.07, 6.45) is 0.197. The number of aromatic nitrogens is 1. The predicted octanol–water partition coefficient (Wildman–Crippen LogP) is 2.02. The van der Waals surface area contributed by atoms with E-state index in [0.29, 0.717) is 0 Å². The zero-order chi connectivity index (χ0) is 13.1. The van der Waals surface area contributed by atoms with E-state index in [0.717, 1.165) is 22.3 Å². The number of hydrogen-bond acceptors (Lipinski definition) is 4. The molecule has 1 aromatic heterocycles. The number of carbonyl (C=O) groups is 1. The lowest BCUT2D eigenvalue weighted by atomic mass is 10.1. The molecule has 0 radical (unpaired) electrons. The van der Waals surface area contributed by atoms with E-state index in [9.17, 15) is 4.79 Å². The average Bonchev–Trinajstić information content (AvgIpc) is 2.37. The van der Waals surface area contributed by atoms with Gasteiger partial charge in [0.05, 0.1) is 24.7 Å². The summed E-state index contributed by atoms with van der Waals surface area (Å²) in [4.78, 5) is 17.8. The summed E-state index contributed by atoms with van der Waals surface area (Å²) in [6.45, 7) is 0. The van der Waals surface area contributed by atoms with Crippen LogP contribution in [0.25, 0.3) is 10.9 Å². The monoisotopic (exact) mass is 244 g/mol. The molecule has 0 bridgehead atoms. The molecule has 2 aromatic rings. The van der Waals surface area contributed by atoms with Gasteiger partial charge in [0.1, 0.15) is 0 Å². The first-order chi connectivity index (χ1) is 8.61. The Hall–Kier alpha value is -2.10. The number of benzene rings is 1. The summed E-state index contributed by atoms with van der Waals surface area (Å²) in [5.74, 6) is -0.275. The first kappa shape index (κ1) is 12.4. The van der Waals surface area contributed by atoms with Crippen molar-refractivity contribution in [2.45, 2.75) is 6.42 Å². The molecule has 4 nitrogen and oxygen atoms in total. The van der Waals surface area contributed by atoms with Crippen LogP contribution in [-0.2, 0) is 16.0 Å². The van der Waals surface area contributed by atoms with Gasteiger partial charge in [0.2, 0.25) is 0 Å². The molecule has 0 amide bonds. The smallest absolute Gasteiger partial charge is 0.311 e. The Morgan fingerprint density at radius 3 is 2.72 bits per heavy atom. The number of pyridine rings is 1. The number of anilines is 1. The molecule has 94 valence electrons. The van der Waals surface area contributed by atoms with Gasteiger partial charge >= 0.3 is 5.97 Å². The summed E-state index contributed by atoms with van der Waals surface area (Å²) in [5.41, 5.74) is 2.67. The van der Waals surface area contributed by atoms with Crippen LogP contribution in [0.1, 0.15) is 5.69 Å². The van der Waals surface area contributed by atoms with Crippen LogP contribution in [0, 0.1) is 0 Å². The van der Waals surface area contributed by atoms with Crippen molar-refractivity contribution in [3.8, 4) is 0 Å². The number of ether oxygens (including phenoxy) is 1. The standard InChI is InChI=1S/C14H16N2O2/c1-16(2)13-8-10(9-14(17)18-3)15-12-7-5-4-6-11(12)13/h4-8H,9H2,1-3H3. The summed E-state index contributed by atoms with van der Waals surface area (Å²) in [7, 11) is 5.34. The van der Waals surface area contributed by atoms with Crippen molar-refractivity contribution in [2.24, 2.45) is 0 Å². The molecular formula is C14H16N2O2. The van der Waals surface area contributed by atoms with Crippen LogP contribution in [-0.4, -0.2) is 32.2 Å². The Balaban J connectivity index is 2.53. The maximum Gasteiger partial charge on any atom is 0.311 e.